The lowest BCUT2D eigenvalue weighted by Gasteiger charge is -2.16. The molecule has 0 heterocycles. The minimum Gasteiger partial charge on any atom is -0.490 e. The van der Waals surface area contributed by atoms with Gasteiger partial charge in [-0.3, -0.25) is 4.79 Å². The summed E-state index contributed by atoms with van der Waals surface area (Å²) in [6.45, 7) is 6.62. The second kappa shape index (κ2) is 8.34. The van der Waals surface area contributed by atoms with E-state index in [1.54, 1.807) is 30.3 Å². The Kier molecular flexibility index (Phi) is 6.18. The number of halogens is 1. The molecule has 2 rings (SSSR count). The summed E-state index contributed by atoms with van der Waals surface area (Å²) < 4.78 is 24.0. The highest BCUT2D eigenvalue weighted by molar-refractivity contribution is 5.95. The monoisotopic (exact) mass is 331 g/mol. The number of carbonyl (C=O) groups is 1. The average molecular weight is 331 g/mol. The maximum atomic E-state index is 13.0. The van der Waals surface area contributed by atoms with Crippen LogP contribution in [-0.4, -0.2) is 19.1 Å². The van der Waals surface area contributed by atoms with Crippen LogP contribution < -0.4 is 14.8 Å². The van der Waals surface area contributed by atoms with Crippen molar-refractivity contribution in [1.82, 2.24) is 5.32 Å². The first-order valence-electron chi connectivity index (χ1n) is 8.01. The molecule has 0 radical (unpaired) electrons. The van der Waals surface area contributed by atoms with Crippen LogP contribution in [0, 0.1) is 5.82 Å². The summed E-state index contributed by atoms with van der Waals surface area (Å²) in [5.74, 6) is 0.630. The third-order valence-electron chi connectivity index (χ3n) is 3.52. The van der Waals surface area contributed by atoms with Crippen molar-refractivity contribution in [2.24, 2.45) is 0 Å². The van der Waals surface area contributed by atoms with Crippen LogP contribution in [0.1, 0.15) is 42.7 Å². The number of amides is 1. The van der Waals surface area contributed by atoms with Crippen molar-refractivity contribution >= 4 is 5.91 Å². The predicted octanol–water partition coefficient (Wildman–Crippen LogP) is 4.11. The molecule has 0 aromatic heterocycles. The number of carbonyl (C=O) groups excluding carboxylic acids is 1. The van der Waals surface area contributed by atoms with E-state index in [0.29, 0.717) is 30.3 Å². The van der Waals surface area contributed by atoms with Crippen LogP contribution in [0.5, 0.6) is 11.5 Å². The van der Waals surface area contributed by atoms with E-state index < -0.39 is 0 Å². The normalized spacial score (nSPS) is 11.7. The Balaban J connectivity index is 2.13. The molecule has 0 spiro atoms. The lowest BCUT2D eigenvalue weighted by Crippen LogP contribution is -2.26. The Bertz CT molecular complexity index is 686. The van der Waals surface area contributed by atoms with Crippen LogP contribution in [0.3, 0.4) is 0 Å². The smallest absolute Gasteiger partial charge is 0.251 e. The summed E-state index contributed by atoms with van der Waals surface area (Å²) in [5.41, 5.74) is 1.32. The molecule has 2 aromatic carbocycles. The fourth-order valence-corrected chi connectivity index (χ4v) is 2.31. The molecule has 1 N–H and O–H groups in total. The SMILES string of the molecule is CCOc1ccc(C(=O)N[C@H](C)c2ccc(F)cc2)cc1OCC. The molecule has 0 aliphatic carbocycles. The lowest BCUT2D eigenvalue weighted by atomic mass is 10.1. The van der Waals surface area contributed by atoms with Crippen molar-refractivity contribution in [2.75, 3.05) is 13.2 Å². The Morgan fingerprint density at radius 1 is 1.04 bits per heavy atom. The van der Waals surface area contributed by atoms with E-state index in [1.807, 2.05) is 20.8 Å². The van der Waals surface area contributed by atoms with Gasteiger partial charge < -0.3 is 14.8 Å². The van der Waals surface area contributed by atoms with Gasteiger partial charge in [0.1, 0.15) is 5.82 Å². The molecule has 5 heteroatoms. The Hall–Kier alpha value is -2.56. The third kappa shape index (κ3) is 4.47. The molecule has 0 bridgehead atoms. The van der Waals surface area contributed by atoms with Crippen LogP contribution >= 0.6 is 0 Å². The molecular weight excluding hydrogens is 309 g/mol. The van der Waals surface area contributed by atoms with Crippen LogP contribution in [-0.2, 0) is 0 Å². The molecule has 0 unspecified atom stereocenters. The van der Waals surface area contributed by atoms with Crippen molar-refractivity contribution in [2.45, 2.75) is 26.8 Å². The Morgan fingerprint density at radius 2 is 1.67 bits per heavy atom. The topological polar surface area (TPSA) is 47.6 Å². The van der Waals surface area contributed by atoms with Gasteiger partial charge in [0.2, 0.25) is 0 Å². The number of ether oxygens (including phenoxy) is 2. The van der Waals surface area contributed by atoms with E-state index in [1.165, 1.54) is 12.1 Å². The Labute approximate surface area is 141 Å². The van der Waals surface area contributed by atoms with Gasteiger partial charge in [-0.15, -0.1) is 0 Å². The van der Waals surface area contributed by atoms with E-state index >= 15 is 0 Å². The number of hydrogen-bond donors (Lipinski definition) is 1. The summed E-state index contributed by atoms with van der Waals surface area (Å²) in [7, 11) is 0. The number of rotatable bonds is 7. The molecule has 4 nitrogen and oxygen atoms in total. The highest BCUT2D eigenvalue weighted by Crippen LogP contribution is 2.28. The maximum absolute atomic E-state index is 13.0. The zero-order valence-electron chi connectivity index (χ0n) is 14.1. The molecule has 1 atom stereocenters. The zero-order chi connectivity index (χ0) is 17.5. The largest absolute Gasteiger partial charge is 0.490 e. The van der Waals surface area contributed by atoms with Gasteiger partial charge in [-0.2, -0.15) is 0 Å². The summed E-state index contributed by atoms with van der Waals surface area (Å²) in [6, 6.07) is 10.9. The van der Waals surface area contributed by atoms with E-state index in [4.69, 9.17) is 9.47 Å². The van der Waals surface area contributed by atoms with Gasteiger partial charge in [0.05, 0.1) is 19.3 Å². The molecule has 0 saturated heterocycles. The van der Waals surface area contributed by atoms with E-state index in [0.717, 1.165) is 5.56 Å². The summed E-state index contributed by atoms with van der Waals surface area (Å²) >= 11 is 0. The third-order valence-corrected chi connectivity index (χ3v) is 3.52. The van der Waals surface area contributed by atoms with E-state index in [-0.39, 0.29) is 17.8 Å². The Morgan fingerprint density at radius 3 is 2.29 bits per heavy atom. The summed E-state index contributed by atoms with van der Waals surface area (Å²) in [6.07, 6.45) is 0. The highest BCUT2D eigenvalue weighted by Gasteiger charge is 2.14. The molecule has 128 valence electrons. The van der Waals surface area contributed by atoms with Gasteiger partial charge in [-0.1, -0.05) is 12.1 Å². The second-order valence-corrected chi connectivity index (χ2v) is 5.27. The number of hydrogen-bond acceptors (Lipinski definition) is 3. The first kappa shape index (κ1) is 17.8. The van der Waals surface area contributed by atoms with Crippen molar-refractivity contribution in [3.8, 4) is 11.5 Å². The minimum atomic E-state index is -0.301. The van der Waals surface area contributed by atoms with Gasteiger partial charge in [-0.25, -0.2) is 4.39 Å². The molecule has 1 amide bonds. The summed E-state index contributed by atoms with van der Waals surface area (Å²) in [5, 5.41) is 2.89. The number of nitrogens with one attached hydrogen (secondary N) is 1. The van der Waals surface area contributed by atoms with Gasteiger partial charge in [0.25, 0.3) is 5.91 Å². The van der Waals surface area contributed by atoms with Crippen molar-refractivity contribution in [3.05, 3.63) is 59.4 Å². The van der Waals surface area contributed by atoms with Gasteiger partial charge in [0.15, 0.2) is 11.5 Å². The quantitative estimate of drug-likeness (QED) is 0.830. The van der Waals surface area contributed by atoms with Gasteiger partial charge in [0, 0.05) is 5.56 Å². The first-order valence-corrected chi connectivity index (χ1v) is 8.01. The standard InChI is InChI=1S/C19H22FNO3/c1-4-23-17-11-8-15(12-18(17)24-5-2)19(22)21-13(3)14-6-9-16(20)10-7-14/h6-13H,4-5H2,1-3H3,(H,21,22)/t13-/m1/s1. The highest BCUT2D eigenvalue weighted by atomic mass is 19.1. The number of benzene rings is 2. The van der Waals surface area contributed by atoms with Crippen LogP contribution in [0.25, 0.3) is 0 Å². The summed E-state index contributed by atoms with van der Waals surface area (Å²) in [4.78, 5) is 12.4. The molecule has 2 aromatic rings. The molecular formula is C19H22FNO3. The van der Waals surface area contributed by atoms with Crippen LogP contribution in [0.15, 0.2) is 42.5 Å². The second-order valence-electron chi connectivity index (χ2n) is 5.27. The van der Waals surface area contributed by atoms with Gasteiger partial charge in [-0.05, 0) is 56.7 Å². The van der Waals surface area contributed by atoms with Crippen molar-refractivity contribution in [3.63, 3.8) is 0 Å². The van der Waals surface area contributed by atoms with E-state index in [9.17, 15) is 9.18 Å². The molecule has 0 saturated carbocycles. The van der Waals surface area contributed by atoms with E-state index in [2.05, 4.69) is 5.32 Å². The lowest BCUT2D eigenvalue weighted by molar-refractivity contribution is 0.0939. The maximum Gasteiger partial charge on any atom is 0.251 e. The van der Waals surface area contributed by atoms with Crippen molar-refractivity contribution < 1.29 is 18.7 Å². The molecule has 0 aliphatic heterocycles. The van der Waals surface area contributed by atoms with Gasteiger partial charge >= 0.3 is 0 Å². The van der Waals surface area contributed by atoms with Crippen molar-refractivity contribution in [1.29, 1.82) is 0 Å². The van der Waals surface area contributed by atoms with Crippen LogP contribution in [0.2, 0.25) is 0 Å². The molecule has 0 aliphatic rings. The molecule has 0 fully saturated rings. The molecule has 24 heavy (non-hydrogen) atoms. The minimum absolute atomic E-state index is 0.226. The predicted molar refractivity (Wildman–Crippen MR) is 91.1 cm³/mol. The average Bonchev–Trinajstić information content (AvgIpc) is 2.57. The zero-order valence-corrected chi connectivity index (χ0v) is 14.1. The fourth-order valence-electron chi connectivity index (χ4n) is 2.31. The fraction of sp³-hybridized carbons (Fsp3) is 0.316. The first-order chi connectivity index (χ1) is 11.5. The van der Waals surface area contributed by atoms with Crippen LogP contribution in [0.4, 0.5) is 4.39 Å².